The number of aromatic nitrogens is 1. The Balaban J connectivity index is 1.54. The van der Waals surface area contributed by atoms with Crippen LogP contribution < -0.4 is 5.32 Å². The van der Waals surface area contributed by atoms with Gasteiger partial charge < -0.3 is 5.32 Å². The van der Waals surface area contributed by atoms with E-state index in [1.807, 2.05) is 24.3 Å². The van der Waals surface area contributed by atoms with E-state index in [1.54, 1.807) is 12.4 Å². The third kappa shape index (κ3) is 4.44. The monoisotopic (exact) mass is 322 g/mol. The number of amides is 1. The Kier molecular flexibility index (Phi) is 5.63. The van der Waals surface area contributed by atoms with Gasteiger partial charge in [-0.15, -0.1) is 0 Å². The van der Waals surface area contributed by atoms with Crippen LogP contribution in [0.15, 0.2) is 48.8 Å². The molecule has 1 fully saturated rings. The molecule has 1 aliphatic rings. The molecule has 24 heavy (non-hydrogen) atoms. The highest BCUT2D eigenvalue weighted by Gasteiger charge is 2.21. The van der Waals surface area contributed by atoms with Gasteiger partial charge in [-0.2, -0.15) is 0 Å². The van der Waals surface area contributed by atoms with Crippen LogP contribution in [0.3, 0.4) is 0 Å². The molecule has 3 rings (SSSR count). The molecule has 1 saturated carbocycles. The molecule has 2 aromatic rings. The minimum Gasteiger partial charge on any atom is -0.353 e. The second kappa shape index (κ2) is 8.09. The van der Waals surface area contributed by atoms with Gasteiger partial charge in [-0.25, -0.2) is 0 Å². The van der Waals surface area contributed by atoms with Crippen LogP contribution in [-0.2, 0) is 11.2 Å². The van der Waals surface area contributed by atoms with Gasteiger partial charge >= 0.3 is 0 Å². The van der Waals surface area contributed by atoms with E-state index in [4.69, 9.17) is 0 Å². The Hall–Kier alpha value is -2.16. The van der Waals surface area contributed by atoms with Crippen molar-refractivity contribution in [3.05, 3.63) is 54.4 Å². The minimum absolute atomic E-state index is 0.129. The normalized spacial score (nSPS) is 16.5. The lowest BCUT2D eigenvalue weighted by Crippen LogP contribution is -2.39. The van der Waals surface area contributed by atoms with E-state index in [1.165, 1.54) is 32.1 Å². The van der Waals surface area contributed by atoms with Crippen LogP contribution in [0.1, 0.15) is 44.6 Å². The van der Waals surface area contributed by atoms with Crippen molar-refractivity contribution in [3.8, 4) is 11.1 Å². The summed E-state index contributed by atoms with van der Waals surface area (Å²) in [5.74, 6) is 0.779. The second-order valence-electron chi connectivity index (χ2n) is 6.86. The number of rotatable bonds is 5. The molecular formula is C21H26N2O. The molecule has 3 nitrogen and oxygen atoms in total. The van der Waals surface area contributed by atoms with Gasteiger partial charge in [-0.05, 0) is 54.5 Å². The zero-order chi connectivity index (χ0) is 16.8. The first-order chi connectivity index (χ1) is 11.7. The molecule has 0 spiro atoms. The van der Waals surface area contributed by atoms with Crippen molar-refractivity contribution in [2.45, 2.75) is 51.5 Å². The third-order valence-electron chi connectivity index (χ3n) is 5.08. The van der Waals surface area contributed by atoms with Crippen molar-refractivity contribution in [1.29, 1.82) is 0 Å². The molecule has 1 aromatic carbocycles. The van der Waals surface area contributed by atoms with Crippen LogP contribution in [0.4, 0.5) is 0 Å². The predicted molar refractivity (Wildman–Crippen MR) is 97.6 cm³/mol. The molecule has 0 aliphatic heterocycles. The van der Waals surface area contributed by atoms with Crippen molar-refractivity contribution in [1.82, 2.24) is 10.3 Å². The molecule has 0 radical (unpaired) electrons. The van der Waals surface area contributed by atoms with Crippen molar-refractivity contribution < 1.29 is 4.79 Å². The Morgan fingerprint density at radius 2 is 1.67 bits per heavy atom. The number of carbonyl (C=O) groups excluding carboxylic acids is 1. The predicted octanol–water partition coefficient (Wildman–Crippen LogP) is 4.38. The number of benzene rings is 1. The van der Waals surface area contributed by atoms with E-state index in [-0.39, 0.29) is 11.9 Å². The number of hydrogen-bond acceptors (Lipinski definition) is 2. The van der Waals surface area contributed by atoms with Crippen LogP contribution in [-0.4, -0.2) is 16.9 Å². The molecule has 0 unspecified atom stereocenters. The standard InChI is InChI=1S/C21H26N2O/c1-16(18-5-3-2-4-6-18)23-21(24)15-17-7-9-19(10-8-17)20-11-13-22-14-12-20/h7-14,16,18H,2-6,15H2,1H3,(H,23,24)/t16-/m1/s1. The molecule has 126 valence electrons. The van der Waals surface area contributed by atoms with E-state index in [2.05, 4.69) is 29.4 Å². The topological polar surface area (TPSA) is 42.0 Å². The highest BCUT2D eigenvalue weighted by Crippen LogP contribution is 2.26. The van der Waals surface area contributed by atoms with Gasteiger partial charge in [0.05, 0.1) is 6.42 Å². The highest BCUT2D eigenvalue weighted by atomic mass is 16.1. The quantitative estimate of drug-likeness (QED) is 0.888. The molecule has 1 aliphatic carbocycles. The third-order valence-corrected chi connectivity index (χ3v) is 5.08. The molecule has 1 aromatic heterocycles. The van der Waals surface area contributed by atoms with Crippen LogP contribution in [0.2, 0.25) is 0 Å². The van der Waals surface area contributed by atoms with Gasteiger partial charge in [0.2, 0.25) is 5.91 Å². The van der Waals surface area contributed by atoms with E-state index in [9.17, 15) is 4.79 Å². The van der Waals surface area contributed by atoms with Gasteiger partial charge in [0.15, 0.2) is 0 Å². The van der Waals surface area contributed by atoms with Gasteiger partial charge in [0, 0.05) is 18.4 Å². The fraction of sp³-hybridized carbons (Fsp3) is 0.429. The molecule has 1 heterocycles. The second-order valence-corrected chi connectivity index (χ2v) is 6.86. The molecule has 0 bridgehead atoms. The fourth-order valence-corrected chi connectivity index (χ4v) is 3.60. The summed E-state index contributed by atoms with van der Waals surface area (Å²) < 4.78 is 0. The van der Waals surface area contributed by atoms with Crippen LogP contribution >= 0.6 is 0 Å². The van der Waals surface area contributed by atoms with Gasteiger partial charge in [-0.3, -0.25) is 9.78 Å². The Bertz CT molecular complexity index is 645. The fourth-order valence-electron chi connectivity index (χ4n) is 3.60. The first kappa shape index (κ1) is 16.7. The Morgan fingerprint density at radius 1 is 1.04 bits per heavy atom. The van der Waals surface area contributed by atoms with E-state index >= 15 is 0 Å². The van der Waals surface area contributed by atoms with Gasteiger partial charge in [-0.1, -0.05) is 43.5 Å². The number of nitrogens with one attached hydrogen (secondary N) is 1. The maximum absolute atomic E-state index is 12.3. The maximum Gasteiger partial charge on any atom is 0.224 e. The SMILES string of the molecule is C[C@@H](NC(=O)Cc1ccc(-c2ccncc2)cc1)C1CCCCC1. The van der Waals surface area contributed by atoms with Crippen LogP contribution in [0, 0.1) is 5.92 Å². The first-order valence-electron chi connectivity index (χ1n) is 9.01. The average Bonchev–Trinajstić information content (AvgIpc) is 2.64. The zero-order valence-corrected chi connectivity index (χ0v) is 14.4. The summed E-state index contributed by atoms with van der Waals surface area (Å²) in [7, 11) is 0. The lowest BCUT2D eigenvalue weighted by atomic mass is 9.84. The van der Waals surface area contributed by atoms with Gasteiger partial charge in [0.25, 0.3) is 0 Å². The number of pyridine rings is 1. The summed E-state index contributed by atoms with van der Waals surface area (Å²) in [6, 6.07) is 12.5. The summed E-state index contributed by atoms with van der Waals surface area (Å²) in [5.41, 5.74) is 3.35. The summed E-state index contributed by atoms with van der Waals surface area (Å²) in [6.45, 7) is 2.15. The first-order valence-corrected chi connectivity index (χ1v) is 9.01. The highest BCUT2D eigenvalue weighted by molar-refractivity contribution is 5.79. The number of carbonyl (C=O) groups is 1. The maximum atomic E-state index is 12.3. The Morgan fingerprint density at radius 3 is 2.33 bits per heavy atom. The summed E-state index contributed by atoms with van der Waals surface area (Å²) >= 11 is 0. The van der Waals surface area contributed by atoms with Crippen molar-refractivity contribution in [2.24, 2.45) is 5.92 Å². The smallest absolute Gasteiger partial charge is 0.224 e. The lowest BCUT2D eigenvalue weighted by Gasteiger charge is -2.28. The van der Waals surface area contributed by atoms with Crippen molar-refractivity contribution in [3.63, 3.8) is 0 Å². The molecule has 1 amide bonds. The molecule has 1 N–H and O–H groups in total. The molecular weight excluding hydrogens is 296 g/mol. The van der Waals surface area contributed by atoms with Crippen LogP contribution in [0.25, 0.3) is 11.1 Å². The largest absolute Gasteiger partial charge is 0.353 e. The summed E-state index contributed by atoms with van der Waals surface area (Å²) in [6.07, 6.45) is 10.5. The Labute approximate surface area is 144 Å². The lowest BCUT2D eigenvalue weighted by molar-refractivity contribution is -0.121. The zero-order valence-electron chi connectivity index (χ0n) is 14.4. The van der Waals surface area contributed by atoms with E-state index in [0.717, 1.165) is 16.7 Å². The van der Waals surface area contributed by atoms with E-state index in [0.29, 0.717) is 12.3 Å². The van der Waals surface area contributed by atoms with E-state index < -0.39 is 0 Å². The molecule has 1 atom stereocenters. The van der Waals surface area contributed by atoms with Crippen molar-refractivity contribution >= 4 is 5.91 Å². The summed E-state index contributed by atoms with van der Waals surface area (Å²) in [5, 5.41) is 3.20. The summed E-state index contributed by atoms with van der Waals surface area (Å²) in [4.78, 5) is 16.3. The average molecular weight is 322 g/mol. The number of nitrogens with zero attached hydrogens (tertiary/aromatic N) is 1. The van der Waals surface area contributed by atoms with Crippen LogP contribution in [0.5, 0.6) is 0 Å². The molecule has 0 saturated heterocycles. The molecule has 3 heteroatoms. The van der Waals surface area contributed by atoms with Gasteiger partial charge in [0.1, 0.15) is 0 Å². The van der Waals surface area contributed by atoms with Crippen molar-refractivity contribution in [2.75, 3.05) is 0 Å². The minimum atomic E-state index is 0.129. The number of hydrogen-bond donors (Lipinski definition) is 1.